The summed E-state index contributed by atoms with van der Waals surface area (Å²) >= 11 is 0. The van der Waals surface area contributed by atoms with Crippen molar-refractivity contribution in [3.8, 4) is 11.4 Å². The molecule has 0 spiro atoms. The Morgan fingerprint density at radius 2 is 1.96 bits per heavy atom. The average molecular weight is 349 g/mol. The standard InChI is InChI=1S/C16H20N6O.ClH/c23-15(22-13-6-7-14(22)10-17-9-8-13)11-21-19-16(18-20-21)12-4-2-1-3-5-12;/h1-5,13-14,17H,6-11H2;1H. The Morgan fingerprint density at radius 3 is 2.79 bits per heavy atom. The van der Waals surface area contributed by atoms with Gasteiger partial charge in [0.15, 0.2) is 0 Å². The Morgan fingerprint density at radius 1 is 1.17 bits per heavy atom. The molecule has 24 heavy (non-hydrogen) atoms. The smallest absolute Gasteiger partial charge is 0.246 e. The number of hydrogen-bond donors (Lipinski definition) is 1. The molecule has 2 bridgehead atoms. The quantitative estimate of drug-likeness (QED) is 0.899. The van der Waals surface area contributed by atoms with Crippen LogP contribution in [-0.2, 0) is 11.3 Å². The van der Waals surface area contributed by atoms with E-state index in [1.54, 1.807) is 0 Å². The number of benzene rings is 1. The summed E-state index contributed by atoms with van der Waals surface area (Å²) in [5.74, 6) is 0.650. The van der Waals surface area contributed by atoms with Gasteiger partial charge in [-0.25, -0.2) is 0 Å². The van der Waals surface area contributed by atoms with Crippen LogP contribution >= 0.6 is 12.4 Å². The molecule has 1 N–H and O–H groups in total. The number of tetrazole rings is 1. The maximum atomic E-state index is 12.7. The molecule has 2 aliphatic rings. The predicted octanol–water partition coefficient (Wildman–Crippen LogP) is 1.11. The minimum atomic E-state index is 0. The number of halogens is 1. The molecule has 2 aliphatic heterocycles. The third-order valence-corrected chi connectivity index (χ3v) is 4.70. The van der Waals surface area contributed by atoms with Crippen molar-refractivity contribution in [1.82, 2.24) is 30.4 Å². The Balaban J connectivity index is 0.00000169. The molecule has 2 fully saturated rings. The van der Waals surface area contributed by atoms with E-state index in [-0.39, 0.29) is 24.9 Å². The van der Waals surface area contributed by atoms with E-state index in [0.717, 1.165) is 37.9 Å². The topological polar surface area (TPSA) is 75.9 Å². The van der Waals surface area contributed by atoms with Crippen LogP contribution in [0.1, 0.15) is 19.3 Å². The van der Waals surface area contributed by atoms with Crippen LogP contribution in [0.5, 0.6) is 0 Å². The highest BCUT2D eigenvalue weighted by Gasteiger charge is 2.38. The lowest BCUT2D eigenvalue weighted by Gasteiger charge is -2.27. The van der Waals surface area contributed by atoms with Gasteiger partial charge in [-0.05, 0) is 31.0 Å². The van der Waals surface area contributed by atoms with E-state index in [2.05, 4.69) is 20.7 Å². The highest BCUT2D eigenvalue weighted by Crippen LogP contribution is 2.28. The molecule has 2 aromatic rings. The second kappa shape index (κ2) is 7.27. The molecule has 0 radical (unpaired) electrons. The summed E-state index contributed by atoms with van der Waals surface area (Å²) in [4.78, 5) is 16.1. The van der Waals surface area contributed by atoms with E-state index in [9.17, 15) is 4.79 Å². The maximum absolute atomic E-state index is 12.7. The van der Waals surface area contributed by atoms with Gasteiger partial charge in [0, 0.05) is 24.2 Å². The zero-order valence-electron chi connectivity index (χ0n) is 13.3. The molecule has 2 atom stereocenters. The number of hydrogen-bond acceptors (Lipinski definition) is 5. The molecule has 1 aromatic heterocycles. The lowest BCUT2D eigenvalue weighted by molar-refractivity contribution is -0.134. The molecule has 0 saturated carbocycles. The lowest BCUT2D eigenvalue weighted by atomic mass is 10.1. The second-order valence-electron chi connectivity index (χ2n) is 6.19. The number of rotatable bonds is 3. The minimum absolute atomic E-state index is 0. The first-order valence-electron chi connectivity index (χ1n) is 8.16. The van der Waals surface area contributed by atoms with Crippen molar-refractivity contribution in [1.29, 1.82) is 0 Å². The van der Waals surface area contributed by atoms with Crippen LogP contribution in [0, 0.1) is 0 Å². The van der Waals surface area contributed by atoms with E-state index >= 15 is 0 Å². The predicted molar refractivity (Wildman–Crippen MR) is 91.6 cm³/mol. The van der Waals surface area contributed by atoms with Crippen molar-refractivity contribution < 1.29 is 4.79 Å². The summed E-state index contributed by atoms with van der Waals surface area (Å²) in [5.41, 5.74) is 0.908. The number of nitrogens with zero attached hydrogens (tertiary/aromatic N) is 5. The molecule has 1 amide bonds. The molecule has 4 rings (SSSR count). The van der Waals surface area contributed by atoms with Crippen molar-refractivity contribution in [3.63, 3.8) is 0 Å². The fourth-order valence-electron chi connectivity index (χ4n) is 3.61. The van der Waals surface area contributed by atoms with Gasteiger partial charge in [-0.2, -0.15) is 4.80 Å². The molecule has 8 heteroatoms. The molecule has 1 aromatic carbocycles. The Kier molecular flexibility index (Phi) is 5.11. The molecular weight excluding hydrogens is 328 g/mol. The van der Waals surface area contributed by atoms with Gasteiger partial charge in [-0.1, -0.05) is 30.3 Å². The normalized spacial score (nSPS) is 22.8. The summed E-state index contributed by atoms with van der Waals surface area (Å²) in [5, 5.41) is 15.8. The van der Waals surface area contributed by atoms with Gasteiger partial charge in [0.05, 0.1) is 0 Å². The van der Waals surface area contributed by atoms with Crippen LogP contribution in [0.15, 0.2) is 30.3 Å². The van der Waals surface area contributed by atoms with Crippen LogP contribution in [0.4, 0.5) is 0 Å². The van der Waals surface area contributed by atoms with E-state index in [0.29, 0.717) is 17.9 Å². The summed E-state index contributed by atoms with van der Waals surface area (Å²) in [6.07, 6.45) is 3.23. The Labute approximate surface area is 146 Å². The molecule has 3 heterocycles. The van der Waals surface area contributed by atoms with Crippen molar-refractivity contribution in [2.75, 3.05) is 13.1 Å². The van der Waals surface area contributed by atoms with Crippen molar-refractivity contribution in [2.45, 2.75) is 37.9 Å². The van der Waals surface area contributed by atoms with Crippen molar-refractivity contribution >= 4 is 18.3 Å². The summed E-state index contributed by atoms with van der Waals surface area (Å²) in [6.45, 7) is 2.04. The van der Waals surface area contributed by atoms with Crippen LogP contribution in [0.2, 0.25) is 0 Å². The van der Waals surface area contributed by atoms with Crippen LogP contribution in [0.3, 0.4) is 0 Å². The van der Waals surface area contributed by atoms with E-state index < -0.39 is 0 Å². The molecule has 2 unspecified atom stereocenters. The number of nitrogens with one attached hydrogen (secondary N) is 1. The zero-order valence-corrected chi connectivity index (χ0v) is 14.2. The maximum Gasteiger partial charge on any atom is 0.246 e. The largest absolute Gasteiger partial charge is 0.334 e. The van der Waals surface area contributed by atoms with Crippen molar-refractivity contribution in [3.05, 3.63) is 30.3 Å². The Hall–Kier alpha value is -1.99. The first kappa shape index (κ1) is 16.9. The van der Waals surface area contributed by atoms with Gasteiger partial charge >= 0.3 is 0 Å². The Bertz CT molecular complexity index is 677. The fraction of sp³-hybridized carbons (Fsp3) is 0.500. The molecule has 128 valence electrons. The summed E-state index contributed by atoms with van der Waals surface area (Å²) in [7, 11) is 0. The third-order valence-electron chi connectivity index (χ3n) is 4.70. The number of carbonyl (C=O) groups is 1. The van der Waals surface area contributed by atoms with Gasteiger partial charge in [0.1, 0.15) is 6.54 Å². The van der Waals surface area contributed by atoms with Gasteiger partial charge < -0.3 is 10.2 Å². The van der Waals surface area contributed by atoms with Crippen LogP contribution in [0.25, 0.3) is 11.4 Å². The summed E-state index contributed by atoms with van der Waals surface area (Å²) in [6, 6.07) is 10.4. The number of aromatic nitrogens is 4. The number of amides is 1. The SMILES string of the molecule is Cl.O=C(Cn1nnc(-c2ccccc2)n1)N1C2CCNCC1CC2. The first-order valence-corrected chi connectivity index (χ1v) is 8.16. The van der Waals surface area contributed by atoms with Crippen LogP contribution < -0.4 is 5.32 Å². The fourth-order valence-corrected chi connectivity index (χ4v) is 3.61. The van der Waals surface area contributed by atoms with Crippen LogP contribution in [-0.4, -0.2) is 56.2 Å². The highest BCUT2D eigenvalue weighted by atomic mass is 35.5. The van der Waals surface area contributed by atoms with Crippen molar-refractivity contribution in [2.24, 2.45) is 0 Å². The first-order chi connectivity index (χ1) is 11.3. The highest BCUT2D eigenvalue weighted by molar-refractivity contribution is 5.85. The van der Waals surface area contributed by atoms with Gasteiger partial charge in [0.25, 0.3) is 0 Å². The zero-order chi connectivity index (χ0) is 15.6. The van der Waals surface area contributed by atoms with Gasteiger partial charge in [-0.3, -0.25) is 4.79 Å². The minimum Gasteiger partial charge on any atom is -0.334 e. The van der Waals surface area contributed by atoms with E-state index in [1.165, 1.54) is 4.80 Å². The molecule has 7 nitrogen and oxygen atoms in total. The van der Waals surface area contributed by atoms with Gasteiger partial charge in [-0.15, -0.1) is 22.6 Å². The van der Waals surface area contributed by atoms with E-state index in [4.69, 9.17) is 0 Å². The van der Waals surface area contributed by atoms with Gasteiger partial charge in [0.2, 0.25) is 11.7 Å². The summed E-state index contributed by atoms with van der Waals surface area (Å²) < 4.78 is 0. The number of carbonyl (C=O) groups excluding carboxylic acids is 1. The number of fused-ring (bicyclic) bond motifs is 2. The lowest BCUT2D eigenvalue weighted by Crippen LogP contribution is -2.44. The molecule has 2 saturated heterocycles. The van der Waals surface area contributed by atoms with E-state index in [1.807, 2.05) is 35.2 Å². The molecule has 0 aliphatic carbocycles. The second-order valence-corrected chi connectivity index (χ2v) is 6.19. The average Bonchev–Trinajstić information content (AvgIpc) is 3.11. The monoisotopic (exact) mass is 348 g/mol. The third kappa shape index (κ3) is 3.27. The molecular formula is C16H21ClN6O.